The Balaban J connectivity index is 0. The fourth-order valence-corrected chi connectivity index (χ4v) is 1.53. The van der Waals surface area contributed by atoms with Crippen molar-refractivity contribution in [3.8, 4) is 0 Å². The van der Waals surface area contributed by atoms with Gasteiger partial charge in [0.25, 0.3) is 0 Å². The van der Waals surface area contributed by atoms with Crippen molar-refractivity contribution in [3.05, 3.63) is 0 Å². The number of alkyl halides is 10. The number of halogens is 10. The van der Waals surface area contributed by atoms with Crippen molar-refractivity contribution >= 4 is 7.37 Å². The minimum atomic E-state index is -8.51. The van der Waals surface area contributed by atoms with Crippen molar-refractivity contribution in [3.63, 3.8) is 0 Å². The molecular formula is C4AgF10O2P. The summed E-state index contributed by atoms with van der Waals surface area (Å²) in [5.41, 5.74) is -14.4. The van der Waals surface area contributed by atoms with E-state index in [2.05, 4.69) is 0 Å². The molecule has 0 aliphatic heterocycles. The van der Waals surface area contributed by atoms with Gasteiger partial charge in [-0.2, -0.15) is 43.9 Å². The molecule has 14 heteroatoms. The molecule has 0 saturated carbocycles. The zero-order valence-electron chi connectivity index (χ0n) is 7.34. The van der Waals surface area contributed by atoms with Crippen LogP contribution in [0.5, 0.6) is 0 Å². The maximum Gasteiger partial charge on any atom is 1.00 e. The molecule has 0 N–H and O–H groups in total. The van der Waals surface area contributed by atoms with E-state index < -0.39 is 31.0 Å². The molecule has 18 heavy (non-hydrogen) atoms. The SMILES string of the molecule is O=P([O-])(C(F)(F)C(F)(F)F)C(F)(F)C(F)(F)F.[Ag+]. The minimum absolute atomic E-state index is 0. The van der Waals surface area contributed by atoms with E-state index in [9.17, 15) is 53.4 Å². The van der Waals surface area contributed by atoms with Crippen LogP contribution in [0.15, 0.2) is 0 Å². The first kappa shape index (κ1) is 20.5. The standard InChI is InChI=1S/C4HF10O2P.Ag/c5-1(6,7)3(11,12)17(15,16)4(13,14)2(8,9)10;/h(H,15,16);/q;+1/p-1. The summed E-state index contributed by atoms with van der Waals surface area (Å²) < 4.78 is 127. The van der Waals surface area contributed by atoms with Gasteiger partial charge in [-0.1, -0.05) is 0 Å². The van der Waals surface area contributed by atoms with E-state index in [-0.39, 0.29) is 22.4 Å². The Kier molecular flexibility index (Phi) is 5.67. The first-order valence-corrected chi connectivity index (χ1v) is 4.83. The summed E-state index contributed by atoms with van der Waals surface area (Å²) in [5, 5.41) is 0. The van der Waals surface area contributed by atoms with Gasteiger partial charge in [-0.25, -0.2) is 0 Å². The predicted molar refractivity (Wildman–Crippen MR) is 29.6 cm³/mol. The van der Waals surface area contributed by atoms with Crippen LogP contribution in [0.1, 0.15) is 0 Å². The quantitative estimate of drug-likeness (QED) is 0.400. The van der Waals surface area contributed by atoms with Crippen molar-refractivity contribution in [1.29, 1.82) is 0 Å². The largest absolute Gasteiger partial charge is 1.00 e. The Morgan fingerprint density at radius 1 is 0.667 bits per heavy atom. The van der Waals surface area contributed by atoms with Crippen LogP contribution in [0.2, 0.25) is 0 Å². The van der Waals surface area contributed by atoms with Crippen molar-refractivity contribution in [1.82, 2.24) is 0 Å². The van der Waals surface area contributed by atoms with Gasteiger partial charge in [0.05, 0.1) is 0 Å². The van der Waals surface area contributed by atoms with Crippen LogP contribution < -0.4 is 4.89 Å². The molecule has 0 unspecified atom stereocenters. The van der Waals surface area contributed by atoms with Crippen LogP contribution in [0.25, 0.3) is 0 Å². The van der Waals surface area contributed by atoms with Gasteiger partial charge in [0.2, 0.25) is 0 Å². The Bertz CT molecular complexity index is 315. The topological polar surface area (TPSA) is 40.1 Å². The number of rotatable bonds is 2. The van der Waals surface area contributed by atoms with E-state index in [0.29, 0.717) is 0 Å². The zero-order chi connectivity index (χ0) is 14.5. The van der Waals surface area contributed by atoms with Crippen molar-refractivity contribution in [2.45, 2.75) is 23.7 Å². The molecule has 0 amide bonds. The molecule has 0 atom stereocenters. The van der Waals surface area contributed by atoms with Gasteiger partial charge in [0.15, 0.2) is 7.37 Å². The third-order valence-corrected chi connectivity index (χ3v) is 3.41. The maximum atomic E-state index is 12.1. The second-order valence-corrected chi connectivity index (χ2v) is 4.86. The molecule has 0 aliphatic rings. The first-order chi connectivity index (χ1) is 7.00. The minimum Gasteiger partial charge on any atom is -0.790 e. The van der Waals surface area contributed by atoms with Crippen LogP contribution in [0.3, 0.4) is 0 Å². The average Bonchev–Trinajstić information content (AvgIpc) is 1.98. The maximum absolute atomic E-state index is 12.1. The van der Waals surface area contributed by atoms with Gasteiger partial charge in [0.1, 0.15) is 0 Å². The summed E-state index contributed by atoms with van der Waals surface area (Å²) in [6.07, 6.45) is -14.2. The van der Waals surface area contributed by atoms with Gasteiger partial charge in [-0.15, -0.1) is 0 Å². The Morgan fingerprint density at radius 2 is 0.833 bits per heavy atom. The molecule has 2 nitrogen and oxygen atoms in total. The van der Waals surface area contributed by atoms with Crippen LogP contribution in [-0.2, 0) is 26.9 Å². The van der Waals surface area contributed by atoms with Crippen LogP contribution in [0, 0.1) is 0 Å². The molecule has 0 aromatic carbocycles. The molecule has 114 valence electrons. The van der Waals surface area contributed by atoms with Gasteiger partial charge < -0.3 is 9.46 Å². The van der Waals surface area contributed by atoms with Crippen molar-refractivity contribution < 1.29 is 75.7 Å². The summed E-state index contributed by atoms with van der Waals surface area (Å²) in [5.74, 6) is 0. The predicted octanol–water partition coefficient (Wildman–Crippen LogP) is 2.93. The summed E-state index contributed by atoms with van der Waals surface area (Å²) in [4.78, 5) is 10.1. The fraction of sp³-hybridized carbons (Fsp3) is 1.00. The van der Waals surface area contributed by atoms with Crippen LogP contribution >= 0.6 is 7.37 Å². The van der Waals surface area contributed by atoms with E-state index in [4.69, 9.17) is 0 Å². The van der Waals surface area contributed by atoms with E-state index >= 15 is 0 Å². The molecule has 0 rings (SSSR count). The molecule has 0 aliphatic carbocycles. The van der Waals surface area contributed by atoms with Gasteiger partial charge in [-0.3, -0.25) is 0 Å². The molecule has 0 saturated heterocycles. The van der Waals surface area contributed by atoms with E-state index in [1.807, 2.05) is 0 Å². The van der Waals surface area contributed by atoms with Gasteiger partial charge in [-0.05, 0) is 0 Å². The molecule has 0 fully saturated rings. The third-order valence-electron chi connectivity index (χ3n) is 1.42. The second-order valence-electron chi connectivity index (χ2n) is 2.63. The van der Waals surface area contributed by atoms with Gasteiger partial charge >= 0.3 is 46.1 Å². The van der Waals surface area contributed by atoms with Crippen LogP contribution in [-0.4, -0.2) is 23.7 Å². The third kappa shape index (κ3) is 2.87. The normalized spacial score (nSPS) is 15.3. The van der Waals surface area contributed by atoms with Crippen LogP contribution in [0.4, 0.5) is 43.9 Å². The second kappa shape index (κ2) is 4.97. The Morgan fingerprint density at radius 3 is 0.944 bits per heavy atom. The van der Waals surface area contributed by atoms with E-state index in [1.165, 1.54) is 0 Å². The molecule has 0 bridgehead atoms. The Hall–Kier alpha value is 0.230. The summed E-state index contributed by atoms with van der Waals surface area (Å²) in [7, 11) is -8.51. The van der Waals surface area contributed by atoms with Crippen molar-refractivity contribution in [2.24, 2.45) is 0 Å². The molecule has 0 radical (unpaired) electrons. The summed E-state index contributed by atoms with van der Waals surface area (Å²) in [6.45, 7) is 0. The van der Waals surface area contributed by atoms with Gasteiger partial charge in [0, 0.05) is 0 Å². The summed E-state index contributed by atoms with van der Waals surface area (Å²) in [6, 6.07) is 0. The zero-order valence-corrected chi connectivity index (χ0v) is 9.72. The molecule has 0 aromatic heterocycles. The number of hydrogen-bond donors (Lipinski definition) is 0. The smallest absolute Gasteiger partial charge is 0.790 e. The molecule has 0 spiro atoms. The average molecular weight is 409 g/mol. The Labute approximate surface area is 107 Å². The summed E-state index contributed by atoms with van der Waals surface area (Å²) >= 11 is 0. The molecule has 0 heterocycles. The first-order valence-electron chi connectivity index (χ1n) is 3.20. The van der Waals surface area contributed by atoms with Crippen molar-refractivity contribution in [2.75, 3.05) is 0 Å². The van der Waals surface area contributed by atoms with E-state index in [0.717, 1.165) is 0 Å². The van der Waals surface area contributed by atoms with E-state index in [1.54, 1.807) is 0 Å². The fourth-order valence-electron chi connectivity index (χ4n) is 0.510. The number of hydrogen-bond acceptors (Lipinski definition) is 2. The molecule has 0 aromatic rings. The monoisotopic (exact) mass is 408 g/mol. The molecular weight excluding hydrogens is 409 g/mol.